The number of benzene rings is 2. The first-order valence-electron chi connectivity index (χ1n) is 12.2. The molecule has 0 saturated carbocycles. The fraction of sp³-hybridized carbons (Fsp3) is 0.0345. The molecule has 4 nitrogen and oxygen atoms in total. The van der Waals surface area contributed by atoms with Gasteiger partial charge in [-0.15, -0.1) is 0 Å². The second kappa shape index (κ2) is 10.3. The van der Waals surface area contributed by atoms with E-state index in [1.54, 1.807) is 11.3 Å². The van der Waals surface area contributed by atoms with E-state index in [2.05, 4.69) is 95.7 Å². The number of hydrogen-bond acceptors (Lipinski definition) is 8. The van der Waals surface area contributed by atoms with E-state index in [1.165, 1.54) is 34.1 Å². The molecule has 8 rings (SSSR count). The Balaban J connectivity index is 1.20. The molecule has 194 valence electrons. The summed E-state index contributed by atoms with van der Waals surface area (Å²) in [5.41, 5.74) is 8.51. The number of nitrogens with zero attached hydrogens (tertiary/aromatic N) is 4. The molecule has 8 aromatic rings. The Morgan fingerprint density at radius 1 is 0.450 bits per heavy atom. The maximum atomic E-state index is 4.91. The Kier molecular flexibility index (Phi) is 6.64. The van der Waals surface area contributed by atoms with Gasteiger partial charge in [0.25, 0.3) is 0 Å². The van der Waals surface area contributed by atoms with Gasteiger partial charge in [-0.1, -0.05) is 0 Å². The number of halogens is 1. The van der Waals surface area contributed by atoms with Crippen LogP contribution in [0.2, 0.25) is 0 Å². The molecular weight excluding hydrogens is 770 g/mol. The van der Waals surface area contributed by atoms with E-state index in [0.717, 1.165) is 48.1 Å². The minimum atomic E-state index is -0.145. The van der Waals surface area contributed by atoms with E-state index < -0.39 is 0 Å². The van der Waals surface area contributed by atoms with Crippen molar-refractivity contribution in [3.05, 3.63) is 81.5 Å². The van der Waals surface area contributed by atoms with Gasteiger partial charge in [0, 0.05) is 0 Å². The number of thiophene rings is 4. The summed E-state index contributed by atoms with van der Waals surface area (Å²) in [6.45, 7) is 2.16. The van der Waals surface area contributed by atoms with Crippen molar-refractivity contribution >= 4 is 113 Å². The Hall–Kier alpha value is -2.04. The molecule has 0 bridgehead atoms. The van der Waals surface area contributed by atoms with Gasteiger partial charge >= 0.3 is 269 Å². The van der Waals surface area contributed by atoms with Gasteiger partial charge in [0.05, 0.1) is 0 Å². The average molecular weight is 786 g/mol. The molecule has 40 heavy (non-hydrogen) atoms. The first-order valence-corrected chi connectivity index (χ1v) is 19.3. The van der Waals surface area contributed by atoms with E-state index in [9.17, 15) is 0 Å². The molecule has 0 aliphatic carbocycles. The van der Waals surface area contributed by atoms with Crippen molar-refractivity contribution in [1.82, 2.24) is 15.9 Å². The van der Waals surface area contributed by atoms with Crippen LogP contribution < -0.4 is 0 Å². The molecule has 6 heterocycles. The van der Waals surface area contributed by atoms with Gasteiger partial charge in [-0.2, -0.15) is 0 Å². The molecule has 0 saturated heterocycles. The molecule has 0 fully saturated rings. The molecule has 0 spiro atoms. The molecule has 11 heteroatoms. The van der Waals surface area contributed by atoms with Gasteiger partial charge in [-0.3, -0.25) is 0 Å². The molecule has 0 aliphatic heterocycles. The van der Waals surface area contributed by atoms with Gasteiger partial charge in [-0.05, 0) is 0 Å². The molecule has 0 amide bonds. The number of fused-ring (bicyclic) bond motifs is 2. The third kappa shape index (κ3) is 4.40. The Morgan fingerprint density at radius 2 is 0.850 bits per heavy atom. The topological polar surface area (TPSA) is 51.6 Å². The van der Waals surface area contributed by atoms with Gasteiger partial charge in [0.1, 0.15) is 0 Å². The van der Waals surface area contributed by atoms with E-state index in [0.29, 0.717) is 0 Å². The summed E-state index contributed by atoms with van der Waals surface area (Å²) in [5, 5.41) is 0. The normalized spacial score (nSPS) is 11.8. The van der Waals surface area contributed by atoms with Crippen LogP contribution in [0.4, 0.5) is 0 Å². The van der Waals surface area contributed by atoms with E-state index in [-0.39, 0.29) is 29.9 Å². The van der Waals surface area contributed by atoms with Crippen LogP contribution in [0.25, 0.3) is 73.6 Å². The van der Waals surface area contributed by atoms with Gasteiger partial charge < -0.3 is 0 Å². The van der Waals surface area contributed by atoms with Crippen LogP contribution in [0, 0.1) is 6.92 Å². The van der Waals surface area contributed by atoms with Crippen molar-refractivity contribution in [2.24, 2.45) is 0 Å². The summed E-state index contributed by atoms with van der Waals surface area (Å²) in [7, 11) is 0. The van der Waals surface area contributed by atoms with Crippen molar-refractivity contribution < 1.29 is 0 Å². The zero-order valence-corrected chi connectivity index (χ0v) is 28.8. The van der Waals surface area contributed by atoms with Crippen LogP contribution in [0.3, 0.4) is 0 Å². The number of hydrogen-bond donors (Lipinski definition) is 0. The quantitative estimate of drug-likeness (QED) is 0.163. The SMILES string of the molecule is Cc1ccc(-c2ccc(-c3ccc(-c4ccc(-c5ccc(-c6ccc(Br)s6)s5)c5n[se]nc45)c4n[se]nc34)s2)s1. The number of aryl methyl sites for hydroxylation is 1. The van der Waals surface area contributed by atoms with Crippen molar-refractivity contribution in [2.75, 3.05) is 0 Å². The standard InChI is InChI=1S/C29H15BrN4S4Se2/c1-14-2-7-21(35-14)22-10-8-19(36-22)17-5-3-15(26-28(17)33-39-31-26)16-4-6-18(29-27(16)32-40-34-29)20-9-11-23(37-20)24-12-13-25(30)38-24/h2-13H,1H3. The van der Waals surface area contributed by atoms with E-state index in [4.69, 9.17) is 15.9 Å². The molecule has 0 radical (unpaired) electrons. The van der Waals surface area contributed by atoms with Crippen LogP contribution in [0.15, 0.2) is 76.6 Å². The van der Waals surface area contributed by atoms with Gasteiger partial charge in [0.15, 0.2) is 0 Å². The summed E-state index contributed by atoms with van der Waals surface area (Å²) in [5.74, 6) is 0. The summed E-state index contributed by atoms with van der Waals surface area (Å²) in [6, 6.07) is 26.4. The first kappa shape index (κ1) is 25.7. The third-order valence-corrected chi connectivity index (χ3v) is 14.1. The molecule has 0 atom stereocenters. The summed E-state index contributed by atoms with van der Waals surface area (Å²) < 4.78 is 20.7. The summed E-state index contributed by atoms with van der Waals surface area (Å²) >= 11 is 10.5. The molecule has 0 N–H and O–H groups in total. The van der Waals surface area contributed by atoms with Crippen LogP contribution in [-0.4, -0.2) is 45.8 Å². The summed E-state index contributed by atoms with van der Waals surface area (Å²) in [4.78, 5) is 8.94. The Bertz CT molecular complexity index is 2030. The summed E-state index contributed by atoms with van der Waals surface area (Å²) in [6.07, 6.45) is 0. The first-order chi connectivity index (χ1) is 19.6. The van der Waals surface area contributed by atoms with Crippen molar-refractivity contribution in [3.63, 3.8) is 0 Å². The Morgan fingerprint density at radius 3 is 1.32 bits per heavy atom. The predicted octanol–water partition coefficient (Wildman–Crippen LogP) is 9.34. The van der Waals surface area contributed by atoms with Crippen molar-refractivity contribution in [1.29, 1.82) is 0 Å². The van der Waals surface area contributed by atoms with Crippen LogP contribution in [0.1, 0.15) is 4.88 Å². The maximum absolute atomic E-state index is 4.91. The van der Waals surface area contributed by atoms with Crippen LogP contribution in [0.5, 0.6) is 0 Å². The molecule has 0 unspecified atom stereocenters. The predicted molar refractivity (Wildman–Crippen MR) is 178 cm³/mol. The third-order valence-electron chi connectivity index (χ3n) is 6.66. The fourth-order valence-corrected chi connectivity index (χ4v) is 11.7. The minimum absolute atomic E-state index is 0.142. The molecule has 0 aliphatic rings. The van der Waals surface area contributed by atoms with Crippen molar-refractivity contribution in [2.45, 2.75) is 6.92 Å². The van der Waals surface area contributed by atoms with Crippen molar-refractivity contribution in [3.8, 4) is 51.5 Å². The fourth-order valence-electron chi connectivity index (χ4n) is 4.81. The van der Waals surface area contributed by atoms with Crippen LogP contribution >= 0.6 is 61.3 Å². The van der Waals surface area contributed by atoms with Crippen LogP contribution in [-0.2, 0) is 0 Å². The van der Waals surface area contributed by atoms with E-state index in [1.807, 2.05) is 34.0 Å². The zero-order chi connectivity index (χ0) is 26.8. The zero-order valence-electron chi connectivity index (χ0n) is 20.5. The van der Waals surface area contributed by atoms with Gasteiger partial charge in [0.2, 0.25) is 0 Å². The molecule has 6 aromatic heterocycles. The number of rotatable bonds is 5. The monoisotopic (exact) mass is 786 g/mol. The number of aromatic nitrogens is 4. The average Bonchev–Trinajstić information content (AvgIpc) is 3.80. The molecule has 2 aromatic carbocycles. The van der Waals surface area contributed by atoms with E-state index >= 15 is 0 Å². The molecular formula is C29H15BrN4S4Se2. The second-order valence-corrected chi connectivity index (χ2v) is 17.2. The Labute approximate surface area is 266 Å². The van der Waals surface area contributed by atoms with Gasteiger partial charge in [-0.25, -0.2) is 0 Å². The second-order valence-electron chi connectivity index (χ2n) is 9.09.